The van der Waals surface area contributed by atoms with Gasteiger partial charge in [0.2, 0.25) is 0 Å². The van der Waals surface area contributed by atoms with Crippen molar-refractivity contribution in [1.29, 1.82) is 0 Å². The lowest BCUT2D eigenvalue weighted by Gasteiger charge is -2.40. The first-order chi connectivity index (χ1) is 9.92. The van der Waals surface area contributed by atoms with Crippen molar-refractivity contribution in [2.75, 3.05) is 20.1 Å². The van der Waals surface area contributed by atoms with Crippen LogP contribution < -0.4 is 5.32 Å². The fourth-order valence-corrected chi connectivity index (χ4v) is 2.81. The van der Waals surface area contributed by atoms with Gasteiger partial charge < -0.3 is 15.3 Å². The molecule has 0 saturated carbocycles. The van der Waals surface area contributed by atoms with Crippen LogP contribution in [0.5, 0.6) is 0 Å². The molecule has 1 aromatic heterocycles. The molecule has 0 aromatic carbocycles. The van der Waals surface area contributed by atoms with Crippen LogP contribution in [0.25, 0.3) is 0 Å². The number of pyridine rings is 1. The van der Waals surface area contributed by atoms with Crippen molar-refractivity contribution in [2.24, 2.45) is 0 Å². The van der Waals surface area contributed by atoms with Gasteiger partial charge in [0.25, 0.3) is 5.91 Å². The molecule has 1 aliphatic heterocycles. The number of hydrogen-bond donors (Lipinski definition) is 3. The molecule has 2 rings (SSSR count). The lowest BCUT2D eigenvalue weighted by molar-refractivity contribution is -0.140. The molecule has 0 unspecified atom stereocenters. The van der Waals surface area contributed by atoms with E-state index in [9.17, 15) is 14.7 Å². The van der Waals surface area contributed by atoms with E-state index in [-0.39, 0.29) is 0 Å². The predicted molar refractivity (Wildman–Crippen MR) is 81.6 cm³/mol. The molecule has 0 spiro atoms. The summed E-state index contributed by atoms with van der Waals surface area (Å²) in [6, 6.07) is 2.21. The van der Waals surface area contributed by atoms with Crippen molar-refractivity contribution in [1.82, 2.24) is 15.2 Å². The molecule has 7 heteroatoms. The zero-order valence-corrected chi connectivity index (χ0v) is 12.7. The Morgan fingerprint density at radius 3 is 2.67 bits per heavy atom. The average molecular weight is 309 g/mol. The minimum absolute atomic E-state index is 0.341. The third-order valence-electron chi connectivity index (χ3n) is 3.84. The molecular formula is C14H19N3O3S. The fourth-order valence-electron chi connectivity index (χ4n) is 2.43. The number of aliphatic carboxylic acids is 1. The summed E-state index contributed by atoms with van der Waals surface area (Å²) in [5.74, 6) is -1.50. The molecule has 2 heterocycles. The maximum atomic E-state index is 12.1. The standard InChI is InChI=1S/C14H19N3O3S/c1-17-7-4-14(21,5-8-17)11(13(19)20)16-12(18)10-3-2-6-15-9-10/h2-3,6,9,11,21H,4-5,7-8H2,1H3,(H,16,18)(H,19,20)/t11-/m1/s1. The number of aromatic nitrogens is 1. The summed E-state index contributed by atoms with van der Waals surface area (Å²) < 4.78 is -0.740. The zero-order chi connectivity index (χ0) is 15.5. The van der Waals surface area contributed by atoms with Crippen molar-refractivity contribution in [3.8, 4) is 0 Å². The number of nitrogens with zero attached hydrogens (tertiary/aromatic N) is 2. The van der Waals surface area contributed by atoms with Crippen molar-refractivity contribution >= 4 is 24.5 Å². The SMILES string of the molecule is CN1CCC(S)([C@H](NC(=O)c2cccnc2)C(=O)O)CC1. The highest BCUT2D eigenvalue weighted by Gasteiger charge is 2.43. The molecular weight excluding hydrogens is 290 g/mol. The number of carboxylic acids is 1. The van der Waals surface area contributed by atoms with Crippen LogP contribution in [0.1, 0.15) is 23.2 Å². The van der Waals surface area contributed by atoms with E-state index in [0.29, 0.717) is 18.4 Å². The molecule has 0 bridgehead atoms. The number of nitrogens with one attached hydrogen (secondary N) is 1. The van der Waals surface area contributed by atoms with Gasteiger partial charge in [0.05, 0.1) is 5.56 Å². The van der Waals surface area contributed by atoms with Gasteiger partial charge in [0.1, 0.15) is 6.04 Å². The minimum Gasteiger partial charge on any atom is -0.480 e. The summed E-state index contributed by atoms with van der Waals surface area (Å²) in [5, 5.41) is 12.0. The summed E-state index contributed by atoms with van der Waals surface area (Å²) >= 11 is 4.57. The van der Waals surface area contributed by atoms with Crippen LogP contribution in [0.2, 0.25) is 0 Å². The van der Waals surface area contributed by atoms with Gasteiger partial charge in [-0.2, -0.15) is 12.6 Å². The van der Waals surface area contributed by atoms with Gasteiger partial charge in [0.15, 0.2) is 0 Å². The quantitative estimate of drug-likeness (QED) is 0.712. The van der Waals surface area contributed by atoms with Crippen LogP contribution in [-0.4, -0.2) is 57.8 Å². The Kier molecular flexibility index (Phi) is 4.84. The number of carbonyl (C=O) groups is 2. The van der Waals surface area contributed by atoms with Crippen molar-refractivity contribution in [2.45, 2.75) is 23.6 Å². The normalized spacial score (nSPS) is 19.7. The van der Waals surface area contributed by atoms with Crippen LogP contribution in [0.15, 0.2) is 24.5 Å². The largest absolute Gasteiger partial charge is 0.480 e. The van der Waals surface area contributed by atoms with E-state index in [4.69, 9.17) is 0 Å². The Morgan fingerprint density at radius 1 is 1.48 bits per heavy atom. The Morgan fingerprint density at radius 2 is 2.14 bits per heavy atom. The van der Waals surface area contributed by atoms with Gasteiger partial charge in [-0.1, -0.05) is 0 Å². The van der Waals surface area contributed by atoms with E-state index in [1.54, 1.807) is 18.3 Å². The van der Waals surface area contributed by atoms with Gasteiger partial charge in [0, 0.05) is 17.1 Å². The lowest BCUT2D eigenvalue weighted by Crippen LogP contribution is -2.57. The lowest BCUT2D eigenvalue weighted by atomic mass is 9.88. The van der Waals surface area contributed by atoms with E-state index in [1.165, 1.54) is 6.20 Å². The van der Waals surface area contributed by atoms with Gasteiger partial charge in [-0.05, 0) is 45.1 Å². The second-order valence-electron chi connectivity index (χ2n) is 5.39. The third-order valence-corrected chi connectivity index (χ3v) is 4.54. The zero-order valence-electron chi connectivity index (χ0n) is 11.8. The van der Waals surface area contributed by atoms with Crippen LogP contribution in [0.4, 0.5) is 0 Å². The predicted octanol–water partition coefficient (Wildman–Crippen LogP) is 0.659. The van der Waals surface area contributed by atoms with Gasteiger partial charge in [-0.15, -0.1) is 0 Å². The van der Waals surface area contributed by atoms with E-state index in [0.717, 1.165) is 13.1 Å². The molecule has 1 aliphatic rings. The second kappa shape index (κ2) is 6.44. The number of piperidine rings is 1. The monoisotopic (exact) mass is 309 g/mol. The van der Waals surface area contributed by atoms with Crippen molar-refractivity contribution in [3.63, 3.8) is 0 Å². The number of thiol groups is 1. The number of carbonyl (C=O) groups excluding carboxylic acids is 1. The topological polar surface area (TPSA) is 82.5 Å². The first-order valence-corrected chi connectivity index (χ1v) is 7.22. The highest BCUT2D eigenvalue weighted by atomic mass is 32.1. The first kappa shape index (κ1) is 15.8. The third kappa shape index (κ3) is 3.74. The van der Waals surface area contributed by atoms with Crippen molar-refractivity contribution in [3.05, 3.63) is 30.1 Å². The second-order valence-corrected chi connectivity index (χ2v) is 6.28. The Hall–Kier alpha value is -1.60. The maximum absolute atomic E-state index is 12.1. The summed E-state index contributed by atoms with van der Waals surface area (Å²) in [6.45, 7) is 1.52. The van der Waals surface area contributed by atoms with Gasteiger partial charge in [-0.25, -0.2) is 4.79 Å². The molecule has 1 amide bonds. The molecule has 6 nitrogen and oxygen atoms in total. The molecule has 1 atom stereocenters. The van der Waals surface area contributed by atoms with Gasteiger partial charge in [-0.3, -0.25) is 9.78 Å². The Balaban J connectivity index is 2.13. The van der Waals surface area contributed by atoms with E-state index in [1.807, 2.05) is 7.05 Å². The summed E-state index contributed by atoms with van der Waals surface area (Å²) in [6.07, 6.45) is 4.18. The molecule has 114 valence electrons. The average Bonchev–Trinajstić information content (AvgIpc) is 2.48. The highest BCUT2D eigenvalue weighted by Crippen LogP contribution is 2.32. The molecule has 21 heavy (non-hydrogen) atoms. The number of rotatable bonds is 4. The van der Waals surface area contributed by atoms with Crippen LogP contribution in [0.3, 0.4) is 0 Å². The van der Waals surface area contributed by atoms with Crippen LogP contribution >= 0.6 is 12.6 Å². The van der Waals surface area contributed by atoms with Crippen LogP contribution in [0, 0.1) is 0 Å². The molecule has 1 saturated heterocycles. The Labute approximate surface area is 129 Å². The number of carboxylic acid groups (broad SMARTS) is 1. The smallest absolute Gasteiger partial charge is 0.327 e. The summed E-state index contributed by atoms with van der Waals surface area (Å²) in [4.78, 5) is 29.7. The number of amides is 1. The van der Waals surface area contributed by atoms with E-state index < -0.39 is 22.7 Å². The number of likely N-dealkylation sites (tertiary alicyclic amines) is 1. The summed E-state index contributed by atoms with van der Waals surface area (Å²) in [7, 11) is 1.98. The van der Waals surface area contributed by atoms with E-state index in [2.05, 4.69) is 27.8 Å². The maximum Gasteiger partial charge on any atom is 0.327 e. The Bertz CT molecular complexity index is 515. The molecule has 0 aliphatic carbocycles. The van der Waals surface area contributed by atoms with Crippen LogP contribution in [-0.2, 0) is 4.79 Å². The minimum atomic E-state index is -1.06. The first-order valence-electron chi connectivity index (χ1n) is 6.77. The van der Waals surface area contributed by atoms with E-state index >= 15 is 0 Å². The van der Waals surface area contributed by atoms with Crippen molar-refractivity contribution < 1.29 is 14.7 Å². The summed E-state index contributed by atoms with van der Waals surface area (Å²) in [5.41, 5.74) is 0.341. The molecule has 1 aromatic rings. The van der Waals surface area contributed by atoms with Gasteiger partial charge >= 0.3 is 5.97 Å². The molecule has 1 fully saturated rings. The fraction of sp³-hybridized carbons (Fsp3) is 0.500. The number of hydrogen-bond acceptors (Lipinski definition) is 5. The molecule has 0 radical (unpaired) electrons. The highest BCUT2D eigenvalue weighted by molar-refractivity contribution is 7.82. The molecule has 2 N–H and O–H groups in total.